The van der Waals surface area contributed by atoms with Gasteiger partial charge < -0.3 is 14.8 Å². The van der Waals surface area contributed by atoms with Crippen molar-refractivity contribution in [3.63, 3.8) is 0 Å². The topological polar surface area (TPSA) is 85.3 Å². The maximum Gasteiger partial charge on any atom is 0.317 e. The fourth-order valence-electron chi connectivity index (χ4n) is 4.19. The van der Waals surface area contributed by atoms with Gasteiger partial charge in [0.1, 0.15) is 11.9 Å². The summed E-state index contributed by atoms with van der Waals surface area (Å²) in [7, 11) is 0. The number of aromatic nitrogens is 4. The molecule has 0 saturated carbocycles. The van der Waals surface area contributed by atoms with Crippen LogP contribution >= 0.6 is 11.3 Å². The molecule has 0 aromatic carbocycles. The van der Waals surface area contributed by atoms with Crippen LogP contribution in [0, 0.1) is 6.92 Å². The summed E-state index contributed by atoms with van der Waals surface area (Å²) in [6.07, 6.45) is 9.58. The number of piperidine rings is 1. The smallest absolute Gasteiger partial charge is 0.317 e. The van der Waals surface area contributed by atoms with Gasteiger partial charge in [-0.2, -0.15) is 4.98 Å². The predicted octanol–water partition coefficient (Wildman–Crippen LogP) is 4.59. The molecular formula is C24H30N6O2S. The molecule has 0 bridgehead atoms. The summed E-state index contributed by atoms with van der Waals surface area (Å²) < 4.78 is 11.4. The van der Waals surface area contributed by atoms with Gasteiger partial charge in [0, 0.05) is 37.5 Å². The molecule has 2 saturated heterocycles. The van der Waals surface area contributed by atoms with Crippen LogP contribution in [-0.4, -0.2) is 57.2 Å². The first kappa shape index (κ1) is 22.2. The molecule has 1 N–H and O–H groups in total. The Balaban J connectivity index is 1.22. The number of pyridine rings is 1. The summed E-state index contributed by atoms with van der Waals surface area (Å²) in [5.74, 6) is 0.792. The van der Waals surface area contributed by atoms with Gasteiger partial charge >= 0.3 is 6.01 Å². The number of anilines is 2. The molecule has 0 aliphatic carbocycles. The van der Waals surface area contributed by atoms with Crippen molar-refractivity contribution >= 4 is 22.3 Å². The lowest BCUT2D eigenvalue weighted by atomic mass is 10.1. The highest BCUT2D eigenvalue weighted by Crippen LogP contribution is 2.30. The molecule has 2 aliphatic rings. The average Bonchev–Trinajstić information content (AvgIpc) is 3.30. The largest absolute Gasteiger partial charge is 0.460 e. The molecule has 9 heteroatoms. The van der Waals surface area contributed by atoms with E-state index in [1.165, 1.54) is 37.9 Å². The third-order valence-corrected chi connectivity index (χ3v) is 6.88. The Labute approximate surface area is 198 Å². The molecular weight excluding hydrogens is 436 g/mol. The Morgan fingerprint density at radius 1 is 1.09 bits per heavy atom. The lowest BCUT2D eigenvalue weighted by Crippen LogP contribution is -2.29. The van der Waals surface area contributed by atoms with E-state index < -0.39 is 0 Å². The van der Waals surface area contributed by atoms with Gasteiger partial charge in [-0.15, -0.1) is 0 Å². The van der Waals surface area contributed by atoms with Crippen LogP contribution in [0.3, 0.4) is 0 Å². The Hall–Kier alpha value is -2.62. The van der Waals surface area contributed by atoms with Crippen molar-refractivity contribution in [1.29, 1.82) is 0 Å². The summed E-state index contributed by atoms with van der Waals surface area (Å²) in [4.78, 5) is 21.7. The van der Waals surface area contributed by atoms with Crippen LogP contribution in [0.1, 0.15) is 43.4 Å². The van der Waals surface area contributed by atoms with E-state index in [0.29, 0.717) is 6.01 Å². The van der Waals surface area contributed by atoms with Crippen molar-refractivity contribution in [2.75, 3.05) is 31.6 Å². The summed E-state index contributed by atoms with van der Waals surface area (Å²) in [5.41, 5.74) is 2.94. The van der Waals surface area contributed by atoms with Crippen molar-refractivity contribution in [3.05, 3.63) is 41.9 Å². The van der Waals surface area contributed by atoms with Crippen LogP contribution in [0.2, 0.25) is 0 Å². The highest BCUT2D eigenvalue weighted by atomic mass is 32.1. The van der Waals surface area contributed by atoms with Gasteiger partial charge in [0.05, 0.1) is 23.8 Å². The van der Waals surface area contributed by atoms with Crippen LogP contribution in [0.25, 0.3) is 10.6 Å². The van der Waals surface area contributed by atoms with E-state index in [1.807, 2.05) is 31.5 Å². The lowest BCUT2D eigenvalue weighted by Gasteiger charge is -2.26. The van der Waals surface area contributed by atoms with Gasteiger partial charge in [-0.25, -0.2) is 15.0 Å². The monoisotopic (exact) mass is 466 g/mol. The molecule has 0 spiro atoms. The van der Waals surface area contributed by atoms with E-state index in [4.69, 9.17) is 9.47 Å². The second-order valence-electron chi connectivity index (χ2n) is 8.65. The number of hydrogen-bond donors (Lipinski definition) is 1. The van der Waals surface area contributed by atoms with E-state index >= 15 is 0 Å². The zero-order valence-corrected chi connectivity index (χ0v) is 19.8. The SMILES string of the molecule is Cc1cc(-c2cnc(Nc3ccc(CN4CCCCC4)cn3)s2)nc(OC2CCOCC2)n1. The van der Waals surface area contributed by atoms with E-state index in [0.717, 1.165) is 59.8 Å². The molecule has 0 radical (unpaired) electrons. The molecule has 5 rings (SSSR count). The van der Waals surface area contributed by atoms with Crippen LogP contribution in [0.5, 0.6) is 6.01 Å². The molecule has 2 fully saturated rings. The van der Waals surface area contributed by atoms with Gasteiger partial charge in [0.15, 0.2) is 5.13 Å². The summed E-state index contributed by atoms with van der Waals surface area (Å²) in [5, 5.41) is 4.10. The number of nitrogens with one attached hydrogen (secondary N) is 1. The van der Waals surface area contributed by atoms with E-state index in [1.54, 1.807) is 11.3 Å². The number of nitrogens with zero attached hydrogens (tertiary/aromatic N) is 5. The average molecular weight is 467 g/mol. The minimum absolute atomic E-state index is 0.107. The standard InChI is InChI=1S/C24H30N6O2S/c1-17-13-20(28-23(27-17)32-19-7-11-31-12-8-19)21-15-26-24(33-21)29-22-6-5-18(14-25-22)16-30-9-3-2-4-10-30/h5-6,13-15,19H,2-4,7-12,16H2,1H3,(H,25,26,29). The molecule has 5 heterocycles. The second-order valence-corrected chi connectivity index (χ2v) is 9.68. The summed E-state index contributed by atoms with van der Waals surface area (Å²) >= 11 is 1.54. The fourth-order valence-corrected chi connectivity index (χ4v) is 4.97. The van der Waals surface area contributed by atoms with Crippen LogP contribution in [0.15, 0.2) is 30.6 Å². The van der Waals surface area contributed by atoms with E-state index in [-0.39, 0.29) is 6.10 Å². The molecule has 33 heavy (non-hydrogen) atoms. The third-order valence-electron chi connectivity index (χ3n) is 5.95. The van der Waals surface area contributed by atoms with Gasteiger partial charge in [-0.05, 0) is 50.6 Å². The maximum atomic E-state index is 6.02. The summed E-state index contributed by atoms with van der Waals surface area (Å²) in [6.45, 7) is 6.75. The van der Waals surface area contributed by atoms with Crippen LogP contribution in [-0.2, 0) is 11.3 Å². The van der Waals surface area contributed by atoms with Crippen molar-refractivity contribution in [2.45, 2.75) is 51.7 Å². The van der Waals surface area contributed by atoms with E-state index in [9.17, 15) is 0 Å². The van der Waals surface area contributed by atoms with E-state index in [2.05, 4.69) is 36.2 Å². The Bertz CT molecular complexity index is 1050. The van der Waals surface area contributed by atoms with Crippen molar-refractivity contribution in [2.24, 2.45) is 0 Å². The maximum absolute atomic E-state index is 6.02. The van der Waals surface area contributed by atoms with Crippen LogP contribution in [0.4, 0.5) is 10.9 Å². The Morgan fingerprint density at radius 3 is 2.73 bits per heavy atom. The number of hydrogen-bond acceptors (Lipinski definition) is 9. The molecule has 3 aromatic rings. The van der Waals surface area contributed by atoms with Crippen LogP contribution < -0.4 is 10.1 Å². The zero-order valence-electron chi connectivity index (χ0n) is 19.0. The molecule has 174 valence electrons. The first-order valence-corrected chi connectivity index (χ1v) is 12.5. The van der Waals surface area contributed by atoms with Gasteiger partial charge in [-0.1, -0.05) is 23.8 Å². The lowest BCUT2D eigenvalue weighted by molar-refractivity contribution is 0.0217. The minimum Gasteiger partial charge on any atom is -0.460 e. The second kappa shape index (κ2) is 10.5. The van der Waals surface area contributed by atoms with Gasteiger partial charge in [-0.3, -0.25) is 4.90 Å². The quantitative estimate of drug-likeness (QED) is 0.541. The van der Waals surface area contributed by atoms with Crippen molar-refractivity contribution in [1.82, 2.24) is 24.8 Å². The molecule has 0 atom stereocenters. The number of likely N-dealkylation sites (tertiary alicyclic amines) is 1. The van der Waals surface area contributed by atoms with Crippen molar-refractivity contribution in [3.8, 4) is 16.6 Å². The molecule has 0 unspecified atom stereocenters. The molecule has 0 amide bonds. The normalized spacial score (nSPS) is 17.7. The Morgan fingerprint density at radius 2 is 1.94 bits per heavy atom. The number of thiazole rings is 1. The molecule has 8 nitrogen and oxygen atoms in total. The number of rotatable bonds is 7. The highest BCUT2D eigenvalue weighted by Gasteiger charge is 2.18. The van der Waals surface area contributed by atoms with Gasteiger partial charge in [0.25, 0.3) is 0 Å². The Kier molecular flexibility index (Phi) is 7.09. The molecule has 2 aliphatic heterocycles. The minimum atomic E-state index is 0.107. The predicted molar refractivity (Wildman–Crippen MR) is 129 cm³/mol. The van der Waals surface area contributed by atoms with Crippen molar-refractivity contribution < 1.29 is 9.47 Å². The first-order valence-electron chi connectivity index (χ1n) is 11.7. The molecule has 3 aromatic heterocycles. The third kappa shape index (κ3) is 6.04. The highest BCUT2D eigenvalue weighted by molar-refractivity contribution is 7.18. The zero-order chi connectivity index (χ0) is 22.5. The first-order chi connectivity index (χ1) is 16.2. The summed E-state index contributed by atoms with van der Waals surface area (Å²) in [6, 6.07) is 6.55. The van der Waals surface area contributed by atoms with Gasteiger partial charge in [0.2, 0.25) is 0 Å². The number of ether oxygens (including phenoxy) is 2. The number of aryl methyl sites for hydroxylation is 1. The fraction of sp³-hybridized carbons (Fsp3) is 0.500.